The minimum atomic E-state index is -0.939. The van der Waals surface area contributed by atoms with Gasteiger partial charge in [-0.25, -0.2) is 8.78 Å². The van der Waals surface area contributed by atoms with Gasteiger partial charge in [-0.3, -0.25) is 29.2 Å². The Morgan fingerprint density at radius 2 is 1.67 bits per heavy atom. The highest BCUT2D eigenvalue weighted by Gasteiger charge is 2.48. The highest BCUT2D eigenvalue weighted by atomic mass is 79.9. The van der Waals surface area contributed by atoms with E-state index >= 15 is 8.78 Å². The van der Waals surface area contributed by atoms with Gasteiger partial charge >= 0.3 is 0 Å². The van der Waals surface area contributed by atoms with Crippen molar-refractivity contribution >= 4 is 38.6 Å². The summed E-state index contributed by atoms with van der Waals surface area (Å²) in [5, 5.41) is 2.90. The van der Waals surface area contributed by atoms with Crippen molar-refractivity contribution in [1.29, 1.82) is 0 Å². The van der Waals surface area contributed by atoms with Crippen LogP contribution in [0.15, 0.2) is 69.0 Å². The van der Waals surface area contributed by atoms with Crippen LogP contribution in [0, 0.1) is 17.3 Å². The van der Waals surface area contributed by atoms with Crippen molar-refractivity contribution in [3.63, 3.8) is 0 Å². The standard InChI is InChI=1S/C46H52BrF2N5O3/c47-34-5-4-6-37-41(34)43(57)51-44-46(15-2-1-3-16-46)33-13-11-30(23-38(33)54(37)44)29-9-7-28(8-10-29)26-52-20-17-45(18-21-52)19-22-53(27-45)31-24-35(48)40(36(49)25-31)32-12-14-39(55)50-42(32)56/h4-6,11,13,23-24,28-29,31-32H,1-3,7-10,12,14-22,25-27H2,(H,50,55,56). The predicted octanol–water partition coefficient (Wildman–Crippen LogP) is 8.68. The van der Waals surface area contributed by atoms with Gasteiger partial charge in [0.2, 0.25) is 11.8 Å². The van der Waals surface area contributed by atoms with Crippen molar-refractivity contribution in [3.8, 4) is 5.69 Å². The second-order valence-electron chi connectivity index (χ2n) is 18.5. The minimum Gasteiger partial charge on any atom is -0.303 e. The number of nitrogens with zero attached hydrogens (tertiary/aromatic N) is 4. The van der Waals surface area contributed by atoms with Crippen molar-refractivity contribution in [2.75, 3.05) is 32.7 Å². The first-order chi connectivity index (χ1) is 27.6. The van der Waals surface area contributed by atoms with Gasteiger partial charge < -0.3 is 4.90 Å². The highest BCUT2D eigenvalue weighted by Crippen LogP contribution is 2.53. The monoisotopic (exact) mass is 839 g/mol. The lowest BCUT2D eigenvalue weighted by atomic mass is 9.69. The second kappa shape index (κ2) is 14.6. The molecule has 8 nitrogen and oxygen atoms in total. The molecule has 1 N–H and O–H groups in total. The summed E-state index contributed by atoms with van der Waals surface area (Å²) < 4.78 is 33.9. The third-order valence-electron chi connectivity index (χ3n) is 15.3. The van der Waals surface area contributed by atoms with Crippen LogP contribution < -0.4 is 10.9 Å². The maximum absolute atomic E-state index is 15.4. The maximum atomic E-state index is 15.4. The number of likely N-dealkylation sites (tertiary alicyclic amines) is 2. The molecule has 10 rings (SSSR count). The molecule has 7 aliphatic rings. The van der Waals surface area contributed by atoms with Crippen molar-refractivity contribution in [2.45, 2.75) is 114 Å². The molecule has 2 amide bonds. The number of nitrogens with one attached hydrogen (secondary N) is 1. The number of carbonyl (C=O) groups is 2. The van der Waals surface area contributed by atoms with Gasteiger partial charge in [-0.15, -0.1) is 0 Å². The Labute approximate surface area is 341 Å². The quantitative estimate of drug-likeness (QED) is 0.259. The largest absolute Gasteiger partial charge is 0.303 e. The molecule has 57 heavy (non-hydrogen) atoms. The van der Waals surface area contributed by atoms with Gasteiger partial charge in [0, 0.05) is 42.0 Å². The fraction of sp³-hybridized carbons (Fsp3) is 0.565. The van der Waals surface area contributed by atoms with Gasteiger partial charge in [0.1, 0.15) is 17.5 Å². The molecule has 300 valence electrons. The van der Waals surface area contributed by atoms with Gasteiger partial charge in [0.15, 0.2) is 0 Å². The molecular weight excluding hydrogens is 788 g/mol. The van der Waals surface area contributed by atoms with Crippen molar-refractivity contribution < 1.29 is 18.4 Å². The van der Waals surface area contributed by atoms with E-state index in [9.17, 15) is 14.4 Å². The number of rotatable bonds is 5. The van der Waals surface area contributed by atoms with E-state index in [1.807, 2.05) is 12.1 Å². The van der Waals surface area contributed by atoms with Crippen LogP contribution in [0.4, 0.5) is 8.78 Å². The van der Waals surface area contributed by atoms with Gasteiger partial charge in [-0.2, -0.15) is 4.98 Å². The molecule has 5 fully saturated rings. The van der Waals surface area contributed by atoms with Crippen molar-refractivity contribution in [2.24, 2.45) is 17.3 Å². The number of carbonyl (C=O) groups excluding carboxylic acids is 2. The van der Waals surface area contributed by atoms with Crippen molar-refractivity contribution in [1.82, 2.24) is 24.7 Å². The molecule has 2 saturated carbocycles. The normalized spacial score (nSPS) is 28.9. The summed E-state index contributed by atoms with van der Waals surface area (Å²) in [6, 6.07) is 12.9. The number of hydrogen-bond acceptors (Lipinski definition) is 6. The van der Waals surface area contributed by atoms with Gasteiger partial charge in [-0.1, -0.05) is 37.5 Å². The zero-order valence-corrected chi connectivity index (χ0v) is 34.2. The molecule has 2 aromatic carbocycles. The number of allylic oxidation sites excluding steroid dienone is 1. The number of benzene rings is 2. The summed E-state index contributed by atoms with van der Waals surface area (Å²) in [6.45, 7) is 4.97. The molecule has 11 heteroatoms. The molecule has 0 bridgehead atoms. The van der Waals surface area contributed by atoms with E-state index in [-0.39, 0.29) is 53.2 Å². The Morgan fingerprint density at radius 3 is 2.42 bits per heavy atom. The summed E-state index contributed by atoms with van der Waals surface area (Å²) >= 11 is 3.65. The predicted molar refractivity (Wildman–Crippen MR) is 220 cm³/mol. The van der Waals surface area contributed by atoms with Crippen LogP contribution >= 0.6 is 15.9 Å². The molecule has 3 aromatic rings. The third-order valence-corrected chi connectivity index (χ3v) is 16.0. The fourth-order valence-corrected chi connectivity index (χ4v) is 12.7. The Bertz CT molecular complexity index is 2260. The van der Waals surface area contributed by atoms with Gasteiger partial charge in [-0.05, 0) is 152 Å². The lowest BCUT2D eigenvalue weighted by Gasteiger charge is -2.42. The summed E-state index contributed by atoms with van der Waals surface area (Å²) in [5.41, 5.74) is 4.63. The number of imide groups is 1. The Hall–Kier alpha value is -3.54. The van der Waals surface area contributed by atoms with Crippen LogP contribution in [-0.2, 0) is 15.0 Å². The average molecular weight is 841 g/mol. The lowest BCUT2D eigenvalue weighted by Crippen LogP contribution is -2.45. The summed E-state index contributed by atoms with van der Waals surface area (Å²) in [4.78, 5) is 47.2. The molecular formula is C46H52BrF2N5O3. The first-order valence-corrected chi connectivity index (χ1v) is 22.3. The summed E-state index contributed by atoms with van der Waals surface area (Å²) in [6.07, 6.45) is 15.6. The summed E-state index contributed by atoms with van der Waals surface area (Å²) in [5.74, 6) is -0.964. The highest BCUT2D eigenvalue weighted by molar-refractivity contribution is 9.10. The second-order valence-corrected chi connectivity index (χ2v) is 19.3. The molecule has 2 atom stereocenters. The van der Waals surface area contributed by atoms with Gasteiger partial charge in [0.05, 0.1) is 27.9 Å². The zero-order valence-electron chi connectivity index (χ0n) is 32.6. The van der Waals surface area contributed by atoms with E-state index < -0.39 is 23.5 Å². The number of piperidine rings is 2. The number of hydrogen-bond donors (Lipinski definition) is 1. The lowest BCUT2D eigenvalue weighted by molar-refractivity contribution is -0.135. The van der Waals surface area contributed by atoms with E-state index in [1.165, 1.54) is 55.0 Å². The van der Waals surface area contributed by atoms with E-state index in [2.05, 4.69) is 59.9 Å². The molecule has 3 aliphatic carbocycles. The van der Waals surface area contributed by atoms with Crippen LogP contribution in [0.1, 0.15) is 119 Å². The molecule has 4 aliphatic heterocycles. The number of amides is 2. The van der Waals surface area contributed by atoms with Crippen LogP contribution in [0.3, 0.4) is 0 Å². The number of fused-ring (bicyclic) bond motifs is 7. The smallest absolute Gasteiger partial charge is 0.281 e. The Kier molecular flexibility index (Phi) is 9.68. The number of aromatic nitrogens is 2. The van der Waals surface area contributed by atoms with Crippen molar-refractivity contribution in [3.05, 3.63) is 91.5 Å². The first-order valence-electron chi connectivity index (χ1n) is 21.5. The minimum absolute atomic E-state index is 0.0814. The number of halogens is 3. The van der Waals surface area contributed by atoms with Crippen LogP contribution in [0.5, 0.6) is 0 Å². The van der Waals surface area contributed by atoms with E-state index in [0.717, 1.165) is 93.5 Å². The summed E-state index contributed by atoms with van der Waals surface area (Å²) in [7, 11) is 0. The third kappa shape index (κ3) is 6.49. The zero-order chi connectivity index (χ0) is 39.1. The maximum Gasteiger partial charge on any atom is 0.281 e. The topological polar surface area (TPSA) is 87.5 Å². The van der Waals surface area contributed by atoms with Crippen LogP contribution in [0.2, 0.25) is 0 Å². The average Bonchev–Trinajstić information content (AvgIpc) is 3.73. The molecule has 2 unspecified atom stereocenters. The van der Waals surface area contributed by atoms with Gasteiger partial charge in [0.25, 0.3) is 5.56 Å². The molecule has 1 aromatic heterocycles. The van der Waals surface area contributed by atoms with Crippen LogP contribution in [-0.4, -0.2) is 69.9 Å². The van der Waals surface area contributed by atoms with Crippen LogP contribution in [0.25, 0.3) is 16.6 Å². The first kappa shape index (κ1) is 37.7. The SMILES string of the molecule is O=C1CCC(C2=C(F)CC(N3CCC4(CCN(CC5CCC(c6ccc7c(c6)-n6c(nc(=O)c8c(Br)cccc86)C76CCCCC6)CC5)CC4)C3)C=C2F)C(=O)N1. The Morgan fingerprint density at radius 1 is 0.895 bits per heavy atom. The molecule has 2 spiro atoms. The van der Waals surface area contributed by atoms with E-state index in [4.69, 9.17) is 4.98 Å². The molecule has 0 radical (unpaired) electrons. The molecule has 3 saturated heterocycles. The molecule has 5 heterocycles. The Balaban J connectivity index is 0.763. The fourth-order valence-electron chi connectivity index (χ4n) is 12.2. The van der Waals surface area contributed by atoms with E-state index in [0.29, 0.717) is 17.2 Å². The van der Waals surface area contributed by atoms with E-state index in [1.54, 1.807) is 0 Å².